The van der Waals surface area contributed by atoms with Gasteiger partial charge in [-0.2, -0.15) is 0 Å². The summed E-state index contributed by atoms with van der Waals surface area (Å²) in [5.41, 5.74) is 1.40. The summed E-state index contributed by atoms with van der Waals surface area (Å²) in [5.74, 6) is 1.81. The maximum absolute atomic E-state index is 12.4. The van der Waals surface area contributed by atoms with Crippen molar-refractivity contribution in [3.05, 3.63) is 59.2 Å². The highest BCUT2D eigenvalue weighted by molar-refractivity contribution is 6.22. The summed E-state index contributed by atoms with van der Waals surface area (Å²) >= 11 is 0. The Morgan fingerprint density at radius 1 is 1.12 bits per heavy atom. The summed E-state index contributed by atoms with van der Waals surface area (Å²) in [6, 6.07) is 11.2. The fraction of sp³-hybridized carbons (Fsp3) is 0.105. The lowest BCUT2D eigenvalue weighted by Gasteiger charge is -2.07. The van der Waals surface area contributed by atoms with E-state index in [1.807, 2.05) is 0 Å². The topological polar surface area (TPSA) is 75.7 Å². The standard InChI is InChI=1S/C19H14N2O4/c1-3-10-25-14-7-5-13(6-8-14)20-17(22)12-4-9-15-16(11-12)19(24)21(2)18(15)23/h1,4-9,11H,10H2,2H3,(H,20,22). The summed E-state index contributed by atoms with van der Waals surface area (Å²) in [6.45, 7) is 0.169. The van der Waals surface area contributed by atoms with Crippen molar-refractivity contribution in [2.24, 2.45) is 0 Å². The molecule has 124 valence electrons. The fourth-order valence-electron chi connectivity index (χ4n) is 2.47. The zero-order valence-corrected chi connectivity index (χ0v) is 13.4. The first kappa shape index (κ1) is 16.3. The lowest BCUT2D eigenvalue weighted by Crippen LogP contribution is -2.24. The Bertz CT molecular complexity index is 910. The van der Waals surface area contributed by atoms with Crippen LogP contribution in [0.4, 0.5) is 5.69 Å². The third-order valence-corrected chi connectivity index (χ3v) is 3.79. The summed E-state index contributed by atoms with van der Waals surface area (Å²) in [7, 11) is 1.41. The number of carbonyl (C=O) groups excluding carboxylic acids is 3. The number of carbonyl (C=O) groups is 3. The van der Waals surface area contributed by atoms with Crippen LogP contribution < -0.4 is 10.1 Å². The van der Waals surface area contributed by atoms with E-state index in [9.17, 15) is 14.4 Å². The van der Waals surface area contributed by atoms with Crippen LogP contribution in [0.25, 0.3) is 0 Å². The maximum atomic E-state index is 12.4. The predicted octanol–water partition coefficient (Wildman–Crippen LogP) is 2.18. The van der Waals surface area contributed by atoms with Crippen molar-refractivity contribution >= 4 is 23.4 Å². The molecular formula is C19H14N2O4. The zero-order valence-electron chi connectivity index (χ0n) is 13.4. The molecule has 3 amide bonds. The van der Waals surface area contributed by atoms with E-state index >= 15 is 0 Å². The predicted molar refractivity (Wildman–Crippen MR) is 91.6 cm³/mol. The Kier molecular flexibility index (Phi) is 4.23. The van der Waals surface area contributed by atoms with Gasteiger partial charge < -0.3 is 10.1 Å². The number of amides is 3. The highest BCUT2D eigenvalue weighted by Gasteiger charge is 2.33. The molecule has 6 heteroatoms. The number of imide groups is 1. The number of fused-ring (bicyclic) bond motifs is 1. The quantitative estimate of drug-likeness (QED) is 0.687. The van der Waals surface area contributed by atoms with Crippen LogP contribution in [0.15, 0.2) is 42.5 Å². The van der Waals surface area contributed by atoms with Gasteiger partial charge in [0.05, 0.1) is 11.1 Å². The van der Waals surface area contributed by atoms with Gasteiger partial charge in [-0.1, -0.05) is 5.92 Å². The van der Waals surface area contributed by atoms with Gasteiger partial charge in [0.15, 0.2) is 0 Å². The third-order valence-electron chi connectivity index (χ3n) is 3.79. The smallest absolute Gasteiger partial charge is 0.261 e. The molecule has 0 aliphatic carbocycles. The highest BCUT2D eigenvalue weighted by Crippen LogP contribution is 2.23. The number of hydrogen-bond donors (Lipinski definition) is 1. The Morgan fingerprint density at radius 2 is 1.80 bits per heavy atom. The molecule has 1 aliphatic rings. The molecule has 25 heavy (non-hydrogen) atoms. The second-order valence-corrected chi connectivity index (χ2v) is 5.40. The van der Waals surface area contributed by atoms with Gasteiger partial charge in [-0.3, -0.25) is 19.3 Å². The Hall–Kier alpha value is -3.59. The second-order valence-electron chi connectivity index (χ2n) is 5.40. The van der Waals surface area contributed by atoms with Crippen LogP contribution in [0.3, 0.4) is 0 Å². The lowest BCUT2D eigenvalue weighted by molar-refractivity contribution is 0.0693. The first-order valence-corrected chi connectivity index (χ1v) is 7.45. The third kappa shape index (κ3) is 3.08. The molecule has 1 aliphatic heterocycles. The number of nitrogens with one attached hydrogen (secondary N) is 1. The van der Waals surface area contributed by atoms with E-state index < -0.39 is 5.91 Å². The Labute approximate surface area is 144 Å². The molecular weight excluding hydrogens is 320 g/mol. The fourth-order valence-corrected chi connectivity index (χ4v) is 2.47. The second kappa shape index (κ2) is 6.49. The van der Waals surface area contributed by atoms with Crippen molar-refractivity contribution < 1.29 is 19.1 Å². The van der Waals surface area contributed by atoms with E-state index in [4.69, 9.17) is 11.2 Å². The van der Waals surface area contributed by atoms with E-state index in [0.29, 0.717) is 22.6 Å². The molecule has 1 N–H and O–H groups in total. The number of hydrogen-bond acceptors (Lipinski definition) is 4. The van der Waals surface area contributed by atoms with Gasteiger partial charge in [0, 0.05) is 18.3 Å². The van der Waals surface area contributed by atoms with E-state index in [0.717, 1.165) is 4.90 Å². The van der Waals surface area contributed by atoms with Crippen LogP contribution in [-0.2, 0) is 0 Å². The van der Waals surface area contributed by atoms with E-state index in [-0.39, 0.29) is 24.0 Å². The number of benzene rings is 2. The number of rotatable bonds is 4. The van der Waals surface area contributed by atoms with Crippen molar-refractivity contribution in [3.8, 4) is 18.1 Å². The van der Waals surface area contributed by atoms with Gasteiger partial charge in [0.2, 0.25) is 0 Å². The van der Waals surface area contributed by atoms with Crippen LogP contribution in [0, 0.1) is 12.3 Å². The average Bonchev–Trinajstić information content (AvgIpc) is 2.85. The molecule has 0 saturated heterocycles. The minimum atomic E-state index is -0.412. The van der Waals surface area contributed by atoms with E-state index in [1.165, 1.54) is 25.2 Å². The molecule has 0 saturated carbocycles. The molecule has 2 aromatic carbocycles. The van der Waals surface area contributed by atoms with Crippen LogP contribution in [0.2, 0.25) is 0 Å². The largest absolute Gasteiger partial charge is 0.481 e. The first-order chi connectivity index (χ1) is 12.0. The van der Waals surface area contributed by atoms with Gasteiger partial charge in [-0.05, 0) is 42.5 Å². The highest BCUT2D eigenvalue weighted by atomic mass is 16.5. The Morgan fingerprint density at radius 3 is 2.48 bits per heavy atom. The first-order valence-electron chi connectivity index (χ1n) is 7.45. The van der Waals surface area contributed by atoms with Gasteiger partial charge in [0.25, 0.3) is 17.7 Å². The monoisotopic (exact) mass is 334 g/mol. The normalized spacial score (nSPS) is 12.6. The van der Waals surface area contributed by atoms with Crippen molar-refractivity contribution in [1.82, 2.24) is 4.90 Å². The van der Waals surface area contributed by atoms with Crippen molar-refractivity contribution in [1.29, 1.82) is 0 Å². The minimum Gasteiger partial charge on any atom is -0.481 e. The molecule has 0 aromatic heterocycles. The van der Waals surface area contributed by atoms with Gasteiger partial charge >= 0.3 is 0 Å². The summed E-state index contributed by atoms with van der Waals surface area (Å²) in [6.07, 6.45) is 5.12. The molecule has 3 rings (SSSR count). The number of nitrogens with zero attached hydrogens (tertiary/aromatic N) is 1. The molecule has 0 spiro atoms. The van der Waals surface area contributed by atoms with Crippen LogP contribution in [-0.4, -0.2) is 36.3 Å². The molecule has 0 fully saturated rings. The van der Waals surface area contributed by atoms with E-state index in [1.54, 1.807) is 24.3 Å². The maximum Gasteiger partial charge on any atom is 0.261 e. The van der Waals surface area contributed by atoms with Crippen molar-refractivity contribution in [2.45, 2.75) is 0 Å². The molecule has 6 nitrogen and oxygen atoms in total. The van der Waals surface area contributed by atoms with Crippen LogP contribution in [0.1, 0.15) is 31.1 Å². The van der Waals surface area contributed by atoms with Crippen LogP contribution >= 0.6 is 0 Å². The number of terminal acetylenes is 1. The van der Waals surface area contributed by atoms with Crippen molar-refractivity contribution in [3.63, 3.8) is 0 Å². The molecule has 1 heterocycles. The van der Waals surface area contributed by atoms with Gasteiger partial charge in [-0.25, -0.2) is 0 Å². The summed E-state index contributed by atoms with van der Waals surface area (Å²) in [4.78, 5) is 37.3. The Balaban J connectivity index is 1.75. The molecule has 0 atom stereocenters. The lowest BCUT2D eigenvalue weighted by atomic mass is 10.1. The number of anilines is 1. The molecule has 0 unspecified atom stereocenters. The molecule has 0 bridgehead atoms. The number of ether oxygens (including phenoxy) is 1. The molecule has 0 radical (unpaired) electrons. The van der Waals surface area contributed by atoms with Crippen LogP contribution in [0.5, 0.6) is 5.75 Å². The zero-order chi connectivity index (χ0) is 18.0. The van der Waals surface area contributed by atoms with Gasteiger partial charge in [-0.15, -0.1) is 6.42 Å². The average molecular weight is 334 g/mol. The SMILES string of the molecule is C#CCOc1ccc(NC(=O)c2ccc3c(c2)C(=O)N(C)C3=O)cc1. The van der Waals surface area contributed by atoms with Crippen molar-refractivity contribution in [2.75, 3.05) is 19.0 Å². The van der Waals surface area contributed by atoms with E-state index in [2.05, 4.69) is 11.2 Å². The minimum absolute atomic E-state index is 0.169. The summed E-state index contributed by atoms with van der Waals surface area (Å²) in [5, 5.41) is 2.73. The van der Waals surface area contributed by atoms with Gasteiger partial charge in [0.1, 0.15) is 12.4 Å². The summed E-state index contributed by atoms with van der Waals surface area (Å²) < 4.78 is 5.26. The molecule has 2 aromatic rings.